The molecule has 0 aliphatic carbocycles. The molecule has 1 saturated heterocycles. The Hall–Kier alpha value is -2.86. The molecule has 1 aliphatic heterocycles. The van der Waals surface area contributed by atoms with Crippen molar-refractivity contribution in [2.75, 3.05) is 19.8 Å². The van der Waals surface area contributed by atoms with Gasteiger partial charge in [0.25, 0.3) is 5.91 Å². The van der Waals surface area contributed by atoms with Gasteiger partial charge in [0, 0.05) is 19.7 Å². The van der Waals surface area contributed by atoms with Crippen LogP contribution in [-0.2, 0) is 20.9 Å². The lowest BCUT2D eigenvalue weighted by Gasteiger charge is -2.29. The Morgan fingerprint density at radius 1 is 1.14 bits per heavy atom. The van der Waals surface area contributed by atoms with Crippen LogP contribution in [0.5, 0.6) is 5.75 Å². The highest BCUT2D eigenvalue weighted by molar-refractivity contribution is 5.88. The van der Waals surface area contributed by atoms with E-state index in [4.69, 9.17) is 9.47 Å². The molecule has 0 aromatic heterocycles. The average molecular weight is 396 g/mol. The third-order valence-corrected chi connectivity index (χ3v) is 5.00. The number of nitrogens with zero attached hydrogens (tertiary/aromatic N) is 1. The molecule has 3 rings (SSSR count). The molecule has 1 aliphatic rings. The Balaban J connectivity index is 1.63. The van der Waals surface area contributed by atoms with E-state index < -0.39 is 6.04 Å². The zero-order chi connectivity index (χ0) is 20.5. The number of amides is 2. The van der Waals surface area contributed by atoms with Crippen molar-refractivity contribution in [2.24, 2.45) is 0 Å². The van der Waals surface area contributed by atoms with Crippen molar-refractivity contribution in [2.45, 2.75) is 38.5 Å². The average Bonchev–Trinajstić information content (AvgIpc) is 3.29. The smallest absolute Gasteiger partial charge is 0.261 e. The molecule has 29 heavy (non-hydrogen) atoms. The topological polar surface area (TPSA) is 67.9 Å². The van der Waals surface area contributed by atoms with Crippen molar-refractivity contribution in [3.63, 3.8) is 0 Å². The van der Waals surface area contributed by atoms with E-state index >= 15 is 0 Å². The second-order valence-corrected chi connectivity index (χ2v) is 7.17. The molecule has 2 amide bonds. The number of carbonyl (C=O) groups excluding carboxylic acids is 2. The van der Waals surface area contributed by atoms with E-state index in [2.05, 4.69) is 5.32 Å². The number of rotatable bonds is 9. The molecule has 1 N–H and O–H groups in total. The number of carbonyl (C=O) groups is 2. The van der Waals surface area contributed by atoms with E-state index in [1.165, 1.54) is 0 Å². The van der Waals surface area contributed by atoms with Crippen LogP contribution in [-0.4, -0.2) is 48.6 Å². The van der Waals surface area contributed by atoms with Gasteiger partial charge in [0.15, 0.2) is 6.61 Å². The maximum absolute atomic E-state index is 12.9. The maximum Gasteiger partial charge on any atom is 0.261 e. The lowest BCUT2D eigenvalue weighted by atomic mass is 10.1. The lowest BCUT2D eigenvalue weighted by Crippen LogP contribution is -2.50. The molecule has 0 spiro atoms. The van der Waals surface area contributed by atoms with Gasteiger partial charge >= 0.3 is 0 Å². The summed E-state index contributed by atoms with van der Waals surface area (Å²) in [6.45, 7) is 3.17. The monoisotopic (exact) mass is 396 g/mol. The minimum absolute atomic E-state index is 0.0610. The third kappa shape index (κ3) is 6.32. The van der Waals surface area contributed by atoms with Crippen LogP contribution >= 0.6 is 0 Å². The molecule has 2 unspecified atom stereocenters. The first-order valence-electron chi connectivity index (χ1n) is 10.0. The first-order chi connectivity index (χ1) is 14.1. The highest BCUT2D eigenvalue weighted by Crippen LogP contribution is 2.13. The van der Waals surface area contributed by atoms with Gasteiger partial charge in [-0.25, -0.2) is 0 Å². The molecule has 154 valence electrons. The number of benzene rings is 2. The number of hydrogen-bond donors (Lipinski definition) is 1. The van der Waals surface area contributed by atoms with Crippen LogP contribution in [0.4, 0.5) is 0 Å². The van der Waals surface area contributed by atoms with Crippen molar-refractivity contribution in [1.29, 1.82) is 0 Å². The first kappa shape index (κ1) is 20.9. The van der Waals surface area contributed by atoms with E-state index in [1.54, 1.807) is 24.0 Å². The fraction of sp³-hybridized carbons (Fsp3) is 0.391. The maximum atomic E-state index is 12.9. The highest BCUT2D eigenvalue weighted by atomic mass is 16.5. The number of para-hydroxylation sites is 1. The molecule has 0 bridgehead atoms. The third-order valence-electron chi connectivity index (χ3n) is 5.00. The number of nitrogens with one attached hydrogen (secondary N) is 1. The lowest BCUT2D eigenvalue weighted by molar-refractivity contribution is -0.142. The SMILES string of the molecule is CC(C(=O)NCC1CCCO1)N(Cc1ccccc1)C(=O)COc1ccccc1. The summed E-state index contributed by atoms with van der Waals surface area (Å²) in [4.78, 5) is 27.2. The Morgan fingerprint density at radius 3 is 2.48 bits per heavy atom. The van der Waals surface area contributed by atoms with Gasteiger partial charge in [-0.2, -0.15) is 0 Å². The summed E-state index contributed by atoms with van der Waals surface area (Å²) in [6.07, 6.45) is 2.03. The highest BCUT2D eigenvalue weighted by Gasteiger charge is 2.27. The van der Waals surface area contributed by atoms with Gasteiger partial charge in [0.2, 0.25) is 5.91 Å². The van der Waals surface area contributed by atoms with E-state index in [0.717, 1.165) is 25.0 Å². The Kier molecular flexibility index (Phi) is 7.64. The van der Waals surface area contributed by atoms with Crippen LogP contribution in [0.2, 0.25) is 0 Å². The molecule has 6 nitrogen and oxygen atoms in total. The summed E-state index contributed by atoms with van der Waals surface area (Å²) >= 11 is 0. The van der Waals surface area contributed by atoms with Gasteiger partial charge in [0.1, 0.15) is 11.8 Å². The van der Waals surface area contributed by atoms with E-state index in [-0.39, 0.29) is 24.5 Å². The molecular weight excluding hydrogens is 368 g/mol. The van der Waals surface area contributed by atoms with Gasteiger partial charge in [0.05, 0.1) is 6.10 Å². The van der Waals surface area contributed by atoms with Crippen LogP contribution in [0.15, 0.2) is 60.7 Å². The molecule has 1 fully saturated rings. The van der Waals surface area contributed by atoms with Gasteiger partial charge in [-0.15, -0.1) is 0 Å². The largest absolute Gasteiger partial charge is 0.484 e. The van der Waals surface area contributed by atoms with Crippen molar-refractivity contribution >= 4 is 11.8 Å². The fourth-order valence-electron chi connectivity index (χ4n) is 3.27. The minimum Gasteiger partial charge on any atom is -0.484 e. The van der Waals surface area contributed by atoms with E-state index in [1.807, 2.05) is 48.5 Å². The van der Waals surface area contributed by atoms with E-state index in [9.17, 15) is 9.59 Å². The number of hydrogen-bond acceptors (Lipinski definition) is 4. The molecular formula is C23H28N2O4. The quantitative estimate of drug-likeness (QED) is 0.708. The van der Waals surface area contributed by atoms with Crippen molar-refractivity contribution < 1.29 is 19.1 Å². The van der Waals surface area contributed by atoms with Crippen LogP contribution in [0.3, 0.4) is 0 Å². The predicted octanol–water partition coefficient (Wildman–Crippen LogP) is 2.78. The molecule has 0 saturated carbocycles. The summed E-state index contributed by atoms with van der Waals surface area (Å²) in [5, 5.41) is 2.92. The van der Waals surface area contributed by atoms with Gasteiger partial charge in [-0.05, 0) is 37.5 Å². The molecule has 6 heteroatoms. The zero-order valence-electron chi connectivity index (χ0n) is 16.8. The molecule has 2 atom stereocenters. The molecule has 2 aromatic rings. The zero-order valence-corrected chi connectivity index (χ0v) is 16.8. The second-order valence-electron chi connectivity index (χ2n) is 7.17. The fourth-order valence-corrected chi connectivity index (χ4v) is 3.27. The van der Waals surface area contributed by atoms with Crippen LogP contribution < -0.4 is 10.1 Å². The minimum atomic E-state index is -0.622. The summed E-state index contributed by atoms with van der Waals surface area (Å²) in [5.74, 6) is 0.193. The summed E-state index contributed by atoms with van der Waals surface area (Å²) in [7, 11) is 0. The van der Waals surface area contributed by atoms with Gasteiger partial charge in [-0.3, -0.25) is 9.59 Å². The Morgan fingerprint density at radius 2 is 1.83 bits per heavy atom. The van der Waals surface area contributed by atoms with Crippen molar-refractivity contribution in [3.8, 4) is 5.75 Å². The molecule has 1 heterocycles. The van der Waals surface area contributed by atoms with Crippen LogP contribution in [0, 0.1) is 0 Å². The number of ether oxygens (including phenoxy) is 2. The van der Waals surface area contributed by atoms with E-state index in [0.29, 0.717) is 18.8 Å². The first-order valence-corrected chi connectivity index (χ1v) is 10.0. The van der Waals surface area contributed by atoms with Gasteiger partial charge in [-0.1, -0.05) is 48.5 Å². The molecule has 0 radical (unpaired) electrons. The van der Waals surface area contributed by atoms with Gasteiger partial charge < -0.3 is 19.7 Å². The van der Waals surface area contributed by atoms with Crippen molar-refractivity contribution in [3.05, 3.63) is 66.2 Å². The standard InChI is InChI=1S/C23H28N2O4/c1-18(23(27)24-15-21-13-8-14-28-21)25(16-19-9-4-2-5-10-19)22(26)17-29-20-11-6-3-7-12-20/h2-7,9-12,18,21H,8,13-17H2,1H3,(H,24,27). The summed E-state index contributed by atoms with van der Waals surface area (Å²) in [5.41, 5.74) is 0.958. The van der Waals surface area contributed by atoms with Crippen LogP contribution in [0.1, 0.15) is 25.3 Å². The normalized spacial score (nSPS) is 16.8. The Bertz CT molecular complexity index is 776. The second kappa shape index (κ2) is 10.6. The van der Waals surface area contributed by atoms with Crippen molar-refractivity contribution in [1.82, 2.24) is 10.2 Å². The van der Waals surface area contributed by atoms with Crippen LogP contribution in [0.25, 0.3) is 0 Å². The summed E-state index contributed by atoms with van der Waals surface area (Å²) in [6, 6.07) is 18.2. The predicted molar refractivity (Wildman–Crippen MR) is 110 cm³/mol. The molecule has 2 aromatic carbocycles. The Labute approximate surface area is 171 Å². The summed E-state index contributed by atoms with van der Waals surface area (Å²) < 4.78 is 11.2.